The zero-order valence-corrected chi connectivity index (χ0v) is 50.1. The van der Waals surface area contributed by atoms with Crippen LogP contribution in [-0.4, -0.2) is 51.1 Å². The van der Waals surface area contributed by atoms with E-state index in [1.807, 2.05) is 121 Å². The average molecular weight is 1160 g/mol. The first kappa shape index (κ1) is 65.4. The van der Waals surface area contributed by atoms with E-state index >= 15 is 0 Å². The maximum Gasteiger partial charge on any atom is 0.115 e. The molecule has 0 aliphatic rings. The van der Waals surface area contributed by atoms with Crippen LogP contribution < -0.4 is 0 Å². The Balaban J connectivity index is 0.000000172. The van der Waals surface area contributed by atoms with E-state index < -0.39 is 0 Å². The molecule has 0 unspecified atom stereocenters. The molecule has 10 heteroatoms. The van der Waals surface area contributed by atoms with E-state index in [9.17, 15) is 51.1 Å². The molecule has 0 saturated heterocycles. The van der Waals surface area contributed by atoms with Gasteiger partial charge in [0.1, 0.15) is 57.5 Å². The summed E-state index contributed by atoms with van der Waals surface area (Å²) < 4.78 is 0. The first-order valence-electron chi connectivity index (χ1n) is 29.1. The molecule has 446 valence electrons. The highest BCUT2D eigenvalue weighted by molar-refractivity contribution is 5.45. The molecule has 0 saturated carbocycles. The Hall–Kier alpha value is -9.80. The van der Waals surface area contributed by atoms with E-state index in [2.05, 4.69) is 48.5 Å². The monoisotopic (exact) mass is 1150 g/mol. The number of phenolic OH excluding ortho intramolecular Hbond substituents is 10. The van der Waals surface area contributed by atoms with Crippen molar-refractivity contribution >= 4 is 0 Å². The van der Waals surface area contributed by atoms with E-state index in [4.69, 9.17) is 0 Å². The second kappa shape index (κ2) is 31.2. The molecule has 10 N–H and O–H groups in total. The molecule has 10 aromatic rings. The van der Waals surface area contributed by atoms with E-state index in [0.717, 1.165) is 59.1 Å². The van der Waals surface area contributed by atoms with Gasteiger partial charge in [-0.05, 0) is 196 Å². The summed E-state index contributed by atoms with van der Waals surface area (Å²) >= 11 is 0. The Morgan fingerprint density at radius 2 is 0.465 bits per heavy atom. The number of phenols is 10. The lowest BCUT2D eigenvalue weighted by molar-refractivity contribution is 0.471. The summed E-state index contributed by atoms with van der Waals surface area (Å²) in [6.07, 6.45) is 4.07. The first-order valence-corrected chi connectivity index (χ1v) is 29.1. The van der Waals surface area contributed by atoms with Gasteiger partial charge in [0.05, 0.1) is 0 Å². The smallest absolute Gasteiger partial charge is 0.115 e. The fourth-order valence-corrected chi connectivity index (χ4v) is 10.2. The Morgan fingerprint density at radius 3 is 0.674 bits per heavy atom. The lowest BCUT2D eigenvalue weighted by Gasteiger charge is -2.29. The predicted octanol–water partition coefficient (Wildman–Crippen LogP) is 18.2. The molecule has 0 amide bonds. The SMILES string of the molecule is CC(C)(c1ccc(O)cc1)c1ccc(O)cc1.CC(c1ccc(O)cc1)c1ccc(O)cc1.CCC(C)(c1ccc(O)cc1)c1ccc(O)cc1.CCC(c1ccc(O)cc1)c1ccc(O)cc1.CCCC(c1ccc(O)cc1)c1ccc(O)cc1. The van der Waals surface area contributed by atoms with E-state index in [0.29, 0.717) is 23.3 Å². The number of hydrogen-bond acceptors (Lipinski definition) is 10. The highest BCUT2D eigenvalue weighted by Crippen LogP contribution is 2.38. The van der Waals surface area contributed by atoms with Gasteiger partial charge < -0.3 is 51.1 Å². The number of aromatic hydroxyl groups is 10. The largest absolute Gasteiger partial charge is 0.508 e. The summed E-state index contributed by atoms with van der Waals surface area (Å²) in [4.78, 5) is 0. The third kappa shape index (κ3) is 18.6. The summed E-state index contributed by atoms with van der Waals surface area (Å²) in [6.45, 7) is 14.9. The van der Waals surface area contributed by atoms with Gasteiger partial charge in [0.2, 0.25) is 0 Å². The molecular weight excluding hydrogens is 1070 g/mol. The molecule has 0 aliphatic carbocycles. The Bertz CT molecular complexity index is 3320. The van der Waals surface area contributed by atoms with Crippen LogP contribution in [0.2, 0.25) is 0 Å². The van der Waals surface area contributed by atoms with Crippen LogP contribution in [0.1, 0.15) is 148 Å². The van der Waals surface area contributed by atoms with Gasteiger partial charge in [0, 0.05) is 28.6 Å². The highest BCUT2D eigenvalue weighted by Gasteiger charge is 2.27. The number of rotatable bonds is 14. The van der Waals surface area contributed by atoms with Crippen LogP contribution in [0.25, 0.3) is 0 Å². The zero-order valence-electron chi connectivity index (χ0n) is 50.1. The summed E-state index contributed by atoms with van der Waals surface area (Å²) in [7, 11) is 0. The molecule has 0 spiro atoms. The molecule has 10 aromatic carbocycles. The minimum absolute atomic E-state index is 0.110. The second-order valence-corrected chi connectivity index (χ2v) is 22.1. The molecular formula is C76H82O10. The molecule has 0 bridgehead atoms. The molecule has 0 fully saturated rings. The van der Waals surface area contributed by atoms with Crippen molar-refractivity contribution in [2.75, 3.05) is 0 Å². The summed E-state index contributed by atoms with van der Waals surface area (Å²) in [5, 5.41) is 93.0. The van der Waals surface area contributed by atoms with E-state index in [1.54, 1.807) is 121 Å². The van der Waals surface area contributed by atoms with Crippen molar-refractivity contribution in [1.29, 1.82) is 0 Å². The Kier molecular flexibility index (Phi) is 23.7. The van der Waals surface area contributed by atoms with Crippen molar-refractivity contribution in [2.45, 2.75) is 103 Å². The molecule has 10 rings (SSSR count). The van der Waals surface area contributed by atoms with Crippen LogP contribution in [0.15, 0.2) is 243 Å². The summed E-state index contributed by atoms with van der Waals surface area (Å²) in [6, 6.07) is 72.8. The fraction of sp³-hybridized carbons (Fsp3) is 0.211. The van der Waals surface area contributed by atoms with Gasteiger partial charge in [0.15, 0.2) is 0 Å². The van der Waals surface area contributed by atoms with Crippen LogP contribution >= 0.6 is 0 Å². The molecule has 0 aromatic heterocycles. The molecule has 0 heterocycles. The lowest BCUT2D eigenvalue weighted by Crippen LogP contribution is -2.22. The van der Waals surface area contributed by atoms with Gasteiger partial charge in [-0.2, -0.15) is 0 Å². The molecule has 0 atom stereocenters. The third-order valence-electron chi connectivity index (χ3n) is 15.8. The minimum Gasteiger partial charge on any atom is -0.508 e. The topological polar surface area (TPSA) is 202 Å². The maximum atomic E-state index is 9.37. The molecule has 0 radical (unpaired) electrons. The molecule has 0 aliphatic heterocycles. The van der Waals surface area contributed by atoms with Crippen LogP contribution in [0.4, 0.5) is 0 Å². The second-order valence-electron chi connectivity index (χ2n) is 22.1. The van der Waals surface area contributed by atoms with Crippen molar-refractivity contribution in [3.8, 4) is 57.5 Å². The normalized spacial score (nSPS) is 11.0. The first-order chi connectivity index (χ1) is 41.1. The van der Waals surface area contributed by atoms with Crippen molar-refractivity contribution < 1.29 is 51.1 Å². The number of hydrogen-bond donors (Lipinski definition) is 10. The predicted molar refractivity (Wildman–Crippen MR) is 346 cm³/mol. The van der Waals surface area contributed by atoms with Crippen LogP contribution in [-0.2, 0) is 10.8 Å². The average Bonchev–Trinajstić information content (AvgIpc) is 2.31. The standard InChI is InChI=1S/2C16H18O2.2C15H16O2.C14H14O2/c1-3-16(2,12-4-8-14(17)9-5-12)13-6-10-15(18)11-7-13;1-2-3-16(12-4-8-14(17)9-5-12)13-6-10-15(18)11-7-13;1-15(2,11-3-7-13(16)8-4-11)12-5-9-14(17)10-6-12;1-2-15(11-3-7-13(16)8-4-11)12-5-9-14(17)10-6-12;1-10(11-2-6-13(15)7-3-11)12-4-8-14(16)9-5-12/h4-11,17-18H,3H2,1-2H3;4-11,16-18H,2-3H2,1H3;3-10,16-17H,1-2H3;3-10,15-17H,2H2,1H3;2-10,15-16H,1H3. The maximum absolute atomic E-state index is 9.37. The van der Waals surface area contributed by atoms with Gasteiger partial charge in [-0.15, -0.1) is 0 Å². The van der Waals surface area contributed by atoms with Gasteiger partial charge in [-0.1, -0.05) is 176 Å². The quantitative estimate of drug-likeness (QED) is 0.0499. The van der Waals surface area contributed by atoms with Crippen molar-refractivity contribution in [1.82, 2.24) is 0 Å². The minimum atomic E-state index is -0.151. The van der Waals surface area contributed by atoms with E-state index in [1.165, 1.54) is 22.3 Å². The van der Waals surface area contributed by atoms with Crippen molar-refractivity contribution in [3.63, 3.8) is 0 Å². The van der Waals surface area contributed by atoms with Gasteiger partial charge in [-0.25, -0.2) is 0 Å². The van der Waals surface area contributed by atoms with Gasteiger partial charge in [0.25, 0.3) is 0 Å². The summed E-state index contributed by atoms with van der Waals surface area (Å²) in [5.74, 6) is 3.69. The Morgan fingerprint density at radius 1 is 0.267 bits per heavy atom. The van der Waals surface area contributed by atoms with E-state index in [-0.39, 0.29) is 62.7 Å². The highest BCUT2D eigenvalue weighted by atomic mass is 16.3. The van der Waals surface area contributed by atoms with Crippen LogP contribution in [0, 0.1) is 0 Å². The lowest BCUT2D eigenvalue weighted by atomic mass is 9.74. The molecule has 10 nitrogen and oxygen atoms in total. The Labute approximate surface area is 507 Å². The van der Waals surface area contributed by atoms with Crippen LogP contribution in [0.3, 0.4) is 0 Å². The summed E-state index contributed by atoms with van der Waals surface area (Å²) in [5.41, 5.74) is 11.3. The van der Waals surface area contributed by atoms with Gasteiger partial charge in [-0.3, -0.25) is 0 Å². The van der Waals surface area contributed by atoms with Crippen molar-refractivity contribution in [2.24, 2.45) is 0 Å². The van der Waals surface area contributed by atoms with Gasteiger partial charge >= 0.3 is 0 Å². The third-order valence-corrected chi connectivity index (χ3v) is 15.8. The van der Waals surface area contributed by atoms with Crippen LogP contribution in [0.5, 0.6) is 57.5 Å². The fourth-order valence-electron chi connectivity index (χ4n) is 10.2. The number of benzene rings is 10. The zero-order chi connectivity index (χ0) is 62.4. The molecule has 86 heavy (non-hydrogen) atoms. The van der Waals surface area contributed by atoms with Crippen molar-refractivity contribution in [3.05, 3.63) is 298 Å².